The van der Waals surface area contributed by atoms with Gasteiger partial charge in [0.25, 0.3) is 5.56 Å². The van der Waals surface area contributed by atoms with Gasteiger partial charge in [-0.2, -0.15) is 0 Å². The highest BCUT2D eigenvalue weighted by Crippen LogP contribution is 2.44. The van der Waals surface area contributed by atoms with E-state index in [1.54, 1.807) is 28.1 Å². The number of methoxy groups -OCH3 is 1. The average molecular weight is 712 g/mol. The zero-order valence-corrected chi connectivity index (χ0v) is 30.6. The maximum absolute atomic E-state index is 13.2. The van der Waals surface area contributed by atoms with Gasteiger partial charge in [-0.05, 0) is 69.0 Å². The molecule has 14 heteroatoms. The number of hydrogen-bond acceptors (Lipinski definition) is 9. The van der Waals surface area contributed by atoms with Crippen molar-refractivity contribution in [2.24, 2.45) is 14.1 Å². The van der Waals surface area contributed by atoms with Gasteiger partial charge in [0.05, 0.1) is 17.8 Å². The molecule has 266 valence electrons. The summed E-state index contributed by atoms with van der Waals surface area (Å²) in [6.07, 6.45) is 2.63. The van der Waals surface area contributed by atoms with E-state index in [0.29, 0.717) is 29.1 Å². The van der Waals surface area contributed by atoms with E-state index in [-0.39, 0.29) is 23.1 Å². The van der Waals surface area contributed by atoms with Crippen LogP contribution in [-0.2, 0) is 20.5 Å². The Morgan fingerprint density at radius 1 is 1.04 bits per heavy atom. The topological polar surface area (TPSA) is 148 Å². The van der Waals surface area contributed by atoms with Crippen LogP contribution in [0.2, 0.25) is 5.02 Å². The molecule has 0 aliphatic heterocycles. The number of aromatic nitrogens is 5. The highest BCUT2D eigenvalue weighted by molar-refractivity contribution is 6.36. The van der Waals surface area contributed by atoms with Gasteiger partial charge in [0.2, 0.25) is 5.88 Å². The monoisotopic (exact) mass is 711 g/mol. The van der Waals surface area contributed by atoms with Crippen LogP contribution in [0.15, 0.2) is 52.1 Å². The fourth-order valence-electron chi connectivity index (χ4n) is 6.88. The SMILES string of the molecule is CNC(=O)NCCCN(C)C1CCc2cc(-c3cccc(-c4cccc(Nc5nc(C)nc6c5c(=O)n(C)c(=O)n6C)c4C)c3Cl)nc(OC)c21. The molecule has 6 rings (SSSR count). The number of urea groups is 1. The van der Waals surface area contributed by atoms with Gasteiger partial charge in [0, 0.05) is 62.7 Å². The normalized spacial score (nSPS) is 13.8. The summed E-state index contributed by atoms with van der Waals surface area (Å²) in [5.74, 6) is 1.32. The number of hydrogen-bond donors (Lipinski definition) is 3. The molecule has 1 aliphatic rings. The van der Waals surface area contributed by atoms with Crippen molar-refractivity contribution in [3.05, 3.63) is 90.8 Å². The molecule has 51 heavy (non-hydrogen) atoms. The molecule has 2 amide bonds. The van der Waals surface area contributed by atoms with Crippen molar-refractivity contribution in [1.82, 2.24) is 39.6 Å². The zero-order chi connectivity index (χ0) is 36.6. The second-order valence-corrected chi connectivity index (χ2v) is 13.2. The van der Waals surface area contributed by atoms with Crippen molar-refractivity contribution < 1.29 is 9.53 Å². The van der Waals surface area contributed by atoms with Gasteiger partial charge < -0.3 is 20.7 Å². The third kappa shape index (κ3) is 6.66. The molecule has 1 atom stereocenters. The predicted octanol–water partition coefficient (Wildman–Crippen LogP) is 5.02. The molecule has 0 spiro atoms. The Bertz CT molecular complexity index is 2280. The van der Waals surface area contributed by atoms with E-state index in [1.165, 1.54) is 17.2 Å². The molecule has 0 saturated heterocycles. The first kappa shape index (κ1) is 35.6. The molecular formula is C37H42ClN9O4. The first-order chi connectivity index (χ1) is 24.4. The number of anilines is 2. The number of amides is 2. The van der Waals surface area contributed by atoms with Crippen LogP contribution in [0, 0.1) is 13.8 Å². The van der Waals surface area contributed by atoms with E-state index < -0.39 is 11.2 Å². The smallest absolute Gasteiger partial charge is 0.332 e. The molecule has 0 bridgehead atoms. The van der Waals surface area contributed by atoms with E-state index in [2.05, 4.69) is 43.9 Å². The van der Waals surface area contributed by atoms with Crippen LogP contribution in [0.5, 0.6) is 5.88 Å². The minimum atomic E-state index is -0.481. The molecule has 3 heterocycles. The summed E-state index contributed by atoms with van der Waals surface area (Å²) in [5.41, 5.74) is 6.42. The summed E-state index contributed by atoms with van der Waals surface area (Å²) in [6.45, 7) is 5.10. The molecule has 13 nitrogen and oxygen atoms in total. The number of aryl methyl sites for hydroxylation is 3. The van der Waals surface area contributed by atoms with Gasteiger partial charge in [-0.1, -0.05) is 41.9 Å². The number of carbonyl (C=O) groups excluding carboxylic acids is 1. The number of nitrogens with one attached hydrogen (secondary N) is 3. The van der Waals surface area contributed by atoms with Crippen LogP contribution in [0.3, 0.4) is 0 Å². The van der Waals surface area contributed by atoms with E-state index in [0.717, 1.165) is 69.6 Å². The third-order valence-electron chi connectivity index (χ3n) is 9.62. The number of rotatable bonds is 10. The van der Waals surface area contributed by atoms with Gasteiger partial charge in [-0.15, -0.1) is 0 Å². The number of halogens is 1. The molecule has 1 unspecified atom stereocenters. The van der Waals surface area contributed by atoms with Gasteiger partial charge in [0.15, 0.2) is 5.65 Å². The highest BCUT2D eigenvalue weighted by atomic mass is 35.5. The first-order valence-electron chi connectivity index (χ1n) is 16.8. The van der Waals surface area contributed by atoms with Gasteiger partial charge in [0.1, 0.15) is 17.0 Å². The molecule has 0 saturated carbocycles. The third-order valence-corrected chi connectivity index (χ3v) is 10.0. The minimum Gasteiger partial charge on any atom is -0.481 e. The lowest BCUT2D eigenvalue weighted by Crippen LogP contribution is -2.37. The fraction of sp³-hybridized carbons (Fsp3) is 0.351. The second kappa shape index (κ2) is 14.5. The van der Waals surface area contributed by atoms with Gasteiger partial charge >= 0.3 is 11.7 Å². The number of pyridine rings is 1. The molecule has 2 aromatic carbocycles. The van der Waals surface area contributed by atoms with Crippen molar-refractivity contribution >= 4 is 40.2 Å². The summed E-state index contributed by atoms with van der Waals surface area (Å²) in [6, 6.07) is 13.8. The van der Waals surface area contributed by atoms with Crippen LogP contribution < -0.4 is 31.9 Å². The van der Waals surface area contributed by atoms with E-state index in [9.17, 15) is 14.4 Å². The average Bonchev–Trinajstić information content (AvgIpc) is 3.56. The largest absolute Gasteiger partial charge is 0.481 e. The summed E-state index contributed by atoms with van der Waals surface area (Å²) < 4.78 is 8.28. The van der Waals surface area contributed by atoms with Gasteiger partial charge in [-0.3, -0.25) is 18.8 Å². The lowest BCUT2D eigenvalue weighted by Gasteiger charge is -2.26. The van der Waals surface area contributed by atoms with Crippen LogP contribution in [0.1, 0.15) is 41.4 Å². The van der Waals surface area contributed by atoms with Crippen molar-refractivity contribution in [3.8, 4) is 28.3 Å². The predicted molar refractivity (Wildman–Crippen MR) is 200 cm³/mol. The molecule has 0 fully saturated rings. The van der Waals surface area contributed by atoms with Crippen LogP contribution in [0.25, 0.3) is 33.4 Å². The maximum Gasteiger partial charge on any atom is 0.332 e. The first-order valence-corrected chi connectivity index (χ1v) is 17.2. The molecule has 5 aromatic rings. The fourth-order valence-corrected chi connectivity index (χ4v) is 7.20. The Labute approximate surface area is 300 Å². The van der Waals surface area contributed by atoms with Crippen LogP contribution in [-0.4, -0.2) is 69.3 Å². The summed E-state index contributed by atoms with van der Waals surface area (Å²) in [4.78, 5) is 53.6. The molecule has 1 aliphatic carbocycles. The number of nitrogens with zero attached hydrogens (tertiary/aromatic N) is 6. The standard InChI is InChI=1S/C37H42ClN9O4/c1-20-23(11-9-14-26(20)43-32-30-33(42-21(2)41-32)46(5)37(50)47(6)35(30)48)24-12-8-13-25(31(24)38)27-19-22-15-16-28(29(22)34(44-27)51-7)45(4)18-10-17-40-36(49)39-3/h8-9,11-14,19,28H,10,15-18H2,1-7H3,(H2,39,40,49)(H,41,42,43). The Kier molecular flexibility index (Phi) is 10.1. The zero-order valence-electron chi connectivity index (χ0n) is 29.8. The van der Waals surface area contributed by atoms with Crippen molar-refractivity contribution in [2.75, 3.05) is 39.6 Å². The number of benzene rings is 2. The molecule has 3 aromatic heterocycles. The van der Waals surface area contributed by atoms with Crippen molar-refractivity contribution in [2.45, 2.75) is 39.2 Å². The Balaban J connectivity index is 1.32. The van der Waals surface area contributed by atoms with E-state index in [4.69, 9.17) is 21.3 Å². The Hall–Kier alpha value is -5.27. The van der Waals surface area contributed by atoms with Crippen LogP contribution in [0.4, 0.5) is 16.3 Å². The molecule has 3 N–H and O–H groups in total. The maximum atomic E-state index is 13.2. The van der Waals surface area contributed by atoms with Crippen molar-refractivity contribution in [3.63, 3.8) is 0 Å². The number of ether oxygens (including phenoxy) is 1. The quantitative estimate of drug-likeness (QED) is 0.170. The highest BCUT2D eigenvalue weighted by Gasteiger charge is 2.31. The number of carbonyl (C=O) groups is 1. The summed E-state index contributed by atoms with van der Waals surface area (Å²) in [7, 11) is 8.37. The Morgan fingerprint density at radius 3 is 2.51 bits per heavy atom. The van der Waals surface area contributed by atoms with Gasteiger partial charge in [-0.25, -0.2) is 24.5 Å². The lowest BCUT2D eigenvalue weighted by molar-refractivity contribution is 0.229. The Morgan fingerprint density at radius 2 is 1.76 bits per heavy atom. The lowest BCUT2D eigenvalue weighted by atomic mass is 9.96. The van der Waals surface area contributed by atoms with Crippen LogP contribution >= 0.6 is 11.6 Å². The summed E-state index contributed by atoms with van der Waals surface area (Å²) in [5, 5.41) is 9.54. The second-order valence-electron chi connectivity index (χ2n) is 12.8. The van der Waals surface area contributed by atoms with E-state index in [1.807, 2.05) is 43.3 Å². The molecular weight excluding hydrogens is 670 g/mol. The number of fused-ring (bicyclic) bond motifs is 2. The molecule has 0 radical (unpaired) electrons. The van der Waals surface area contributed by atoms with Crippen molar-refractivity contribution in [1.29, 1.82) is 0 Å². The van der Waals surface area contributed by atoms with E-state index >= 15 is 0 Å². The minimum absolute atomic E-state index is 0.150. The summed E-state index contributed by atoms with van der Waals surface area (Å²) >= 11 is 7.22.